The number of carboxylic acid groups (broad SMARTS) is 1. The van der Waals surface area contributed by atoms with Crippen LogP contribution in [0.25, 0.3) is 0 Å². The van der Waals surface area contributed by atoms with Crippen LogP contribution < -0.4 is 5.32 Å². The van der Waals surface area contributed by atoms with Crippen LogP contribution in [0.1, 0.15) is 53.4 Å². The summed E-state index contributed by atoms with van der Waals surface area (Å²) in [5, 5.41) is 11.6. The predicted molar refractivity (Wildman–Crippen MR) is 93.7 cm³/mol. The number of nitrogens with zero attached hydrogens (tertiary/aromatic N) is 1. The third kappa shape index (κ3) is 5.14. The van der Waals surface area contributed by atoms with Gasteiger partial charge in [-0.05, 0) is 38.5 Å². The molecule has 0 aliphatic carbocycles. The van der Waals surface area contributed by atoms with Gasteiger partial charge in [0.2, 0.25) is 0 Å². The van der Waals surface area contributed by atoms with E-state index in [0.29, 0.717) is 5.56 Å². The van der Waals surface area contributed by atoms with E-state index in [9.17, 15) is 14.4 Å². The quantitative estimate of drug-likeness (QED) is 0.798. The van der Waals surface area contributed by atoms with E-state index in [1.807, 2.05) is 0 Å². The summed E-state index contributed by atoms with van der Waals surface area (Å²) in [6, 6.07) is 11.7. The number of nitrogens with one attached hydrogen (secondary N) is 1. The van der Waals surface area contributed by atoms with Gasteiger partial charge in [0.05, 0.1) is 0 Å². The van der Waals surface area contributed by atoms with Crippen LogP contribution in [0, 0.1) is 0 Å². The zero-order valence-corrected chi connectivity index (χ0v) is 14.7. The van der Waals surface area contributed by atoms with Gasteiger partial charge in [0.15, 0.2) is 6.04 Å². The molecule has 1 atom stereocenters. The van der Waals surface area contributed by atoms with Crippen LogP contribution in [0.5, 0.6) is 0 Å². The molecule has 7 heteroatoms. The molecule has 1 aromatic carbocycles. The number of carboxylic acids is 1. The molecule has 0 saturated carbocycles. The van der Waals surface area contributed by atoms with Crippen molar-refractivity contribution in [3.05, 3.63) is 65.5 Å². The zero-order valence-electron chi connectivity index (χ0n) is 14.7. The molecule has 0 saturated heterocycles. The molecule has 26 heavy (non-hydrogen) atoms. The molecule has 2 N–H and O–H groups in total. The van der Waals surface area contributed by atoms with Gasteiger partial charge in [-0.15, -0.1) is 0 Å². The smallest absolute Gasteiger partial charge is 0.354 e. The molecule has 1 heterocycles. The highest BCUT2D eigenvalue weighted by Crippen LogP contribution is 2.19. The molecule has 0 fully saturated rings. The lowest BCUT2D eigenvalue weighted by Gasteiger charge is -2.24. The number of esters is 1. The SMILES string of the molecule is CC(C)(C)OC(=O)[C@@H](NC(=O)c1cccc(C(=O)O)n1)c1ccccc1. The second kappa shape index (κ2) is 7.77. The fourth-order valence-corrected chi connectivity index (χ4v) is 2.17. The van der Waals surface area contributed by atoms with Crippen molar-refractivity contribution in [3.63, 3.8) is 0 Å². The number of rotatable bonds is 5. The summed E-state index contributed by atoms with van der Waals surface area (Å²) in [6.45, 7) is 5.19. The molecule has 0 unspecified atom stereocenters. The van der Waals surface area contributed by atoms with E-state index < -0.39 is 29.5 Å². The summed E-state index contributed by atoms with van der Waals surface area (Å²) in [7, 11) is 0. The van der Waals surface area contributed by atoms with E-state index in [4.69, 9.17) is 9.84 Å². The van der Waals surface area contributed by atoms with E-state index >= 15 is 0 Å². The van der Waals surface area contributed by atoms with Crippen molar-refractivity contribution >= 4 is 17.8 Å². The van der Waals surface area contributed by atoms with Gasteiger partial charge in [-0.3, -0.25) is 4.79 Å². The van der Waals surface area contributed by atoms with Gasteiger partial charge in [-0.1, -0.05) is 36.4 Å². The topological polar surface area (TPSA) is 106 Å². The molecular formula is C19H20N2O5. The fraction of sp³-hybridized carbons (Fsp3) is 0.263. The first-order valence-corrected chi connectivity index (χ1v) is 7.96. The van der Waals surface area contributed by atoms with Gasteiger partial charge in [0, 0.05) is 0 Å². The molecule has 0 radical (unpaired) electrons. The molecule has 2 rings (SSSR count). The van der Waals surface area contributed by atoms with E-state index in [1.54, 1.807) is 51.1 Å². The van der Waals surface area contributed by atoms with Crippen LogP contribution in [0.4, 0.5) is 0 Å². The number of aromatic carboxylic acids is 1. The Hall–Kier alpha value is -3.22. The van der Waals surface area contributed by atoms with Crippen LogP contribution in [0.15, 0.2) is 48.5 Å². The van der Waals surface area contributed by atoms with E-state index in [0.717, 1.165) is 0 Å². The van der Waals surface area contributed by atoms with Crippen molar-refractivity contribution < 1.29 is 24.2 Å². The molecule has 2 aromatic rings. The molecule has 0 aliphatic heterocycles. The third-order valence-electron chi connectivity index (χ3n) is 3.25. The first-order valence-electron chi connectivity index (χ1n) is 7.96. The first-order chi connectivity index (χ1) is 12.2. The standard InChI is InChI=1S/C19H20N2O5/c1-19(2,3)26-18(25)15(12-8-5-4-6-9-12)21-16(22)13-10-7-11-14(20-13)17(23)24/h4-11,15H,1-3H3,(H,21,22)(H,23,24)/t15-/m0/s1. The lowest BCUT2D eigenvalue weighted by Crippen LogP contribution is -2.38. The Kier molecular flexibility index (Phi) is 5.71. The van der Waals surface area contributed by atoms with Crippen LogP contribution in [-0.4, -0.2) is 33.5 Å². The number of aromatic nitrogens is 1. The average Bonchev–Trinajstić information content (AvgIpc) is 2.58. The number of carbonyl (C=O) groups is 3. The number of hydrogen-bond acceptors (Lipinski definition) is 5. The summed E-state index contributed by atoms with van der Waals surface area (Å²) in [4.78, 5) is 39.9. The lowest BCUT2D eigenvalue weighted by molar-refractivity contribution is -0.157. The maximum Gasteiger partial charge on any atom is 0.354 e. The van der Waals surface area contributed by atoms with Crippen LogP contribution in [-0.2, 0) is 9.53 Å². The maximum atomic E-state index is 12.5. The van der Waals surface area contributed by atoms with Gasteiger partial charge in [0.25, 0.3) is 5.91 Å². The van der Waals surface area contributed by atoms with Crippen LogP contribution >= 0.6 is 0 Å². The summed E-state index contributed by atoms with van der Waals surface area (Å²) < 4.78 is 5.38. The number of benzene rings is 1. The van der Waals surface area contributed by atoms with Gasteiger partial charge < -0.3 is 15.2 Å². The number of hydrogen-bond donors (Lipinski definition) is 2. The van der Waals surface area contributed by atoms with Crippen LogP contribution in [0.2, 0.25) is 0 Å². The maximum absolute atomic E-state index is 12.5. The van der Waals surface area contributed by atoms with Crippen molar-refractivity contribution in [3.8, 4) is 0 Å². The average molecular weight is 356 g/mol. The molecule has 1 amide bonds. The van der Waals surface area contributed by atoms with Crippen molar-refractivity contribution in [1.82, 2.24) is 10.3 Å². The lowest BCUT2D eigenvalue weighted by atomic mass is 10.1. The van der Waals surface area contributed by atoms with E-state index in [2.05, 4.69) is 10.3 Å². The minimum Gasteiger partial charge on any atom is -0.477 e. The number of amides is 1. The number of ether oxygens (including phenoxy) is 1. The summed E-state index contributed by atoms with van der Waals surface area (Å²) in [5.74, 6) is -2.54. The fourth-order valence-electron chi connectivity index (χ4n) is 2.17. The molecular weight excluding hydrogens is 336 g/mol. The molecule has 136 valence electrons. The number of carbonyl (C=O) groups excluding carboxylic acids is 2. The van der Waals surface area contributed by atoms with Gasteiger partial charge in [0.1, 0.15) is 17.0 Å². The van der Waals surface area contributed by atoms with Crippen molar-refractivity contribution in [1.29, 1.82) is 0 Å². The molecule has 0 bridgehead atoms. The van der Waals surface area contributed by atoms with E-state index in [1.165, 1.54) is 18.2 Å². The highest BCUT2D eigenvalue weighted by molar-refractivity contribution is 5.96. The largest absolute Gasteiger partial charge is 0.477 e. The van der Waals surface area contributed by atoms with Gasteiger partial charge >= 0.3 is 11.9 Å². The van der Waals surface area contributed by atoms with Crippen molar-refractivity contribution in [2.24, 2.45) is 0 Å². The normalized spacial score (nSPS) is 12.1. The highest BCUT2D eigenvalue weighted by atomic mass is 16.6. The Morgan fingerprint density at radius 2 is 1.62 bits per heavy atom. The van der Waals surface area contributed by atoms with Crippen molar-refractivity contribution in [2.75, 3.05) is 0 Å². The molecule has 0 aliphatic rings. The molecule has 7 nitrogen and oxygen atoms in total. The molecule has 1 aromatic heterocycles. The Morgan fingerprint density at radius 1 is 1.00 bits per heavy atom. The Morgan fingerprint density at radius 3 is 2.19 bits per heavy atom. The van der Waals surface area contributed by atoms with Gasteiger partial charge in [-0.25, -0.2) is 14.6 Å². The zero-order chi connectivity index (χ0) is 19.3. The summed E-state index contributed by atoms with van der Waals surface area (Å²) in [5.41, 5.74) is -0.541. The van der Waals surface area contributed by atoms with Crippen LogP contribution in [0.3, 0.4) is 0 Å². The highest BCUT2D eigenvalue weighted by Gasteiger charge is 2.28. The minimum absolute atomic E-state index is 0.102. The first kappa shape index (κ1) is 19.1. The Bertz CT molecular complexity index is 812. The Labute approximate surface area is 151 Å². The van der Waals surface area contributed by atoms with E-state index in [-0.39, 0.29) is 11.4 Å². The summed E-state index contributed by atoms with van der Waals surface area (Å²) in [6.07, 6.45) is 0. The third-order valence-corrected chi connectivity index (χ3v) is 3.25. The summed E-state index contributed by atoms with van der Waals surface area (Å²) >= 11 is 0. The monoisotopic (exact) mass is 356 g/mol. The van der Waals surface area contributed by atoms with Crippen molar-refractivity contribution in [2.45, 2.75) is 32.4 Å². The second-order valence-electron chi connectivity index (χ2n) is 6.56. The second-order valence-corrected chi connectivity index (χ2v) is 6.56. The predicted octanol–water partition coefficient (Wildman–Crippen LogP) is 2.59. The minimum atomic E-state index is -1.24. The Balaban J connectivity index is 2.29. The number of pyridine rings is 1. The van der Waals surface area contributed by atoms with Gasteiger partial charge in [-0.2, -0.15) is 0 Å². The molecule has 0 spiro atoms.